The molecule has 14 heavy (non-hydrogen) atoms. The van der Waals surface area contributed by atoms with Crippen LogP contribution in [0.5, 0.6) is 0 Å². The second-order valence-corrected chi connectivity index (χ2v) is 2.90. The Kier molecular flexibility index (Phi) is 8.13. The number of esters is 2. The van der Waals surface area contributed by atoms with E-state index in [-0.39, 0.29) is 6.42 Å². The van der Waals surface area contributed by atoms with Gasteiger partial charge in [0.2, 0.25) is 0 Å². The van der Waals surface area contributed by atoms with Gasteiger partial charge in [0, 0.05) is 26.1 Å². The zero-order chi connectivity index (χ0) is 10.8. The maximum Gasteiger partial charge on any atom is 0.313 e. The van der Waals surface area contributed by atoms with Crippen molar-refractivity contribution in [2.45, 2.75) is 39.5 Å². The third kappa shape index (κ3) is 7.73. The first-order valence-electron chi connectivity index (χ1n) is 5.02. The van der Waals surface area contributed by atoms with Crippen molar-refractivity contribution in [3.05, 3.63) is 0 Å². The Morgan fingerprint density at radius 2 is 1.71 bits per heavy atom. The van der Waals surface area contributed by atoms with Crippen LogP contribution in [0.25, 0.3) is 0 Å². The summed E-state index contributed by atoms with van der Waals surface area (Å²) in [4.78, 5) is 21.9. The number of carbonyl (C=O) groups excluding carboxylic acids is 2. The van der Waals surface area contributed by atoms with Crippen molar-refractivity contribution in [2.24, 2.45) is 0 Å². The van der Waals surface area contributed by atoms with Gasteiger partial charge in [-0.3, -0.25) is 9.59 Å². The molecule has 0 unspecified atom stereocenters. The predicted molar refractivity (Wildman–Crippen MR) is 51.7 cm³/mol. The van der Waals surface area contributed by atoms with Crippen molar-refractivity contribution < 1.29 is 19.1 Å². The van der Waals surface area contributed by atoms with Crippen LogP contribution in [0.15, 0.2) is 0 Å². The number of carbonyl (C=O) groups is 2. The molecular weight excluding hydrogens is 184 g/mol. The molecule has 0 fully saturated rings. The van der Waals surface area contributed by atoms with E-state index in [0.29, 0.717) is 32.5 Å². The summed E-state index contributed by atoms with van der Waals surface area (Å²) in [5, 5.41) is 0. The molecule has 0 aliphatic heterocycles. The van der Waals surface area contributed by atoms with E-state index in [4.69, 9.17) is 4.74 Å². The molecule has 0 atom stereocenters. The van der Waals surface area contributed by atoms with Crippen molar-refractivity contribution in [1.29, 1.82) is 0 Å². The summed E-state index contributed by atoms with van der Waals surface area (Å²) in [5.41, 5.74) is 0. The van der Waals surface area contributed by atoms with Crippen molar-refractivity contribution >= 4 is 11.9 Å². The highest BCUT2D eigenvalue weighted by Crippen LogP contribution is 1.97. The van der Waals surface area contributed by atoms with Crippen LogP contribution in [0.1, 0.15) is 39.5 Å². The lowest BCUT2D eigenvalue weighted by Gasteiger charge is -2.02. The van der Waals surface area contributed by atoms with Crippen LogP contribution in [0.3, 0.4) is 0 Å². The van der Waals surface area contributed by atoms with Crippen LogP contribution in [-0.4, -0.2) is 25.2 Å². The Morgan fingerprint density at radius 1 is 1.07 bits per heavy atom. The van der Waals surface area contributed by atoms with E-state index in [1.54, 1.807) is 0 Å². The number of ether oxygens (including phenoxy) is 2. The van der Waals surface area contributed by atoms with Gasteiger partial charge in [0.1, 0.15) is 0 Å². The highest BCUT2D eigenvalue weighted by atomic mass is 16.6. The molecule has 0 spiro atoms. The maximum absolute atomic E-state index is 11.0. The summed E-state index contributed by atoms with van der Waals surface area (Å²) in [6, 6.07) is 0. The van der Waals surface area contributed by atoms with E-state index in [0.717, 1.165) is 0 Å². The van der Waals surface area contributed by atoms with Crippen molar-refractivity contribution in [3.8, 4) is 0 Å². The molecule has 4 heteroatoms. The minimum atomic E-state index is -0.455. The van der Waals surface area contributed by atoms with Gasteiger partial charge in [0.15, 0.2) is 0 Å². The van der Waals surface area contributed by atoms with E-state index in [9.17, 15) is 9.59 Å². The Bertz CT molecular complexity index is 177. The molecule has 0 heterocycles. The molecular formula is C10H18O4. The van der Waals surface area contributed by atoms with Gasteiger partial charge in [-0.2, -0.15) is 0 Å². The summed E-state index contributed by atoms with van der Waals surface area (Å²) in [7, 11) is 0. The first-order chi connectivity index (χ1) is 6.70. The van der Waals surface area contributed by atoms with E-state index < -0.39 is 11.9 Å². The van der Waals surface area contributed by atoms with Crippen LogP contribution >= 0.6 is 0 Å². The van der Waals surface area contributed by atoms with Crippen LogP contribution in [0.4, 0.5) is 0 Å². The largest absolute Gasteiger partial charge is 0.393 e. The highest BCUT2D eigenvalue weighted by molar-refractivity contribution is 5.85. The molecule has 0 aliphatic rings. The van der Waals surface area contributed by atoms with Crippen LogP contribution in [0.2, 0.25) is 0 Å². The molecule has 0 aromatic heterocycles. The fraction of sp³-hybridized carbons (Fsp3) is 0.800. The zero-order valence-corrected chi connectivity index (χ0v) is 8.88. The molecule has 0 saturated heterocycles. The Labute approximate surface area is 84.6 Å². The first kappa shape index (κ1) is 13.1. The third-order valence-corrected chi connectivity index (χ3v) is 1.56. The van der Waals surface area contributed by atoms with Crippen molar-refractivity contribution in [3.63, 3.8) is 0 Å². The van der Waals surface area contributed by atoms with Gasteiger partial charge in [-0.25, -0.2) is 0 Å². The van der Waals surface area contributed by atoms with Crippen LogP contribution in [-0.2, 0) is 19.1 Å². The van der Waals surface area contributed by atoms with Gasteiger partial charge in [0.05, 0.1) is 0 Å². The van der Waals surface area contributed by atoms with Crippen molar-refractivity contribution in [1.82, 2.24) is 0 Å². The minimum absolute atomic E-state index is 0.245. The quantitative estimate of drug-likeness (QED) is 0.358. The lowest BCUT2D eigenvalue weighted by molar-refractivity contribution is -0.159. The summed E-state index contributed by atoms with van der Waals surface area (Å²) in [5.74, 6) is -0.892. The second kappa shape index (κ2) is 8.69. The summed E-state index contributed by atoms with van der Waals surface area (Å²) >= 11 is 0. The lowest BCUT2D eigenvalue weighted by Crippen LogP contribution is -2.12. The SMILES string of the molecule is CCCC(=O)OC(=O)CCCOCC. The summed E-state index contributed by atoms with van der Waals surface area (Å²) in [6.07, 6.45) is 1.85. The number of hydrogen-bond donors (Lipinski definition) is 0. The monoisotopic (exact) mass is 202 g/mol. The van der Waals surface area contributed by atoms with Gasteiger partial charge in [-0.1, -0.05) is 6.92 Å². The minimum Gasteiger partial charge on any atom is -0.393 e. The molecule has 0 radical (unpaired) electrons. The van der Waals surface area contributed by atoms with Crippen LogP contribution in [0, 0.1) is 0 Å². The molecule has 0 N–H and O–H groups in total. The normalized spacial score (nSPS) is 9.86. The summed E-state index contributed by atoms with van der Waals surface area (Å²) in [6.45, 7) is 4.93. The summed E-state index contributed by atoms with van der Waals surface area (Å²) < 4.78 is 9.58. The number of rotatable bonds is 7. The van der Waals surface area contributed by atoms with Gasteiger partial charge in [-0.15, -0.1) is 0 Å². The van der Waals surface area contributed by atoms with Crippen LogP contribution < -0.4 is 0 Å². The van der Waals surface area contributed by atoms with Gasteiger partial charge < -0.3 is 9.47 Å². The standard InChI is InChI=1S/C10H18O4/c1-3-6-9(11)14-10(12)7-5-8-13-4-2/h3-8H2,1-2H3. The highest BCUT2D eigenvalue weighted by Gasteiger charge is 2.08. The second-order valence-electron chi connectivity index (χ2n) is 2.90. The molecule has 0 rings (SSSR count). The first-order valence-corrected chi connectivity index (χ1v) is 5.02. The van der Waals surface area contributed by atoms with Gasteiger partial charge in [0.25, 0.3) is 0 Å². The topological polar surface area (TPSA) is 52.6 Å². The van der Waals surface area contributed by atoms with Gasteiger partial charge in [-0.05, 0) is 19.8 Å². The molecule has 0 aromatic rings. The molecule has 0 aliphatic carbocycles. The van der Waals surface area contributed by atoms with Gasteiger partial charge >= 0.3 is 11.9 Å². The fourth-order valence-electron chi connectivity index (χ4n) is 0.896. The average molecular weight is 202 g/mol. The lowest BCUT2D eigenvalue weighted by atomic mass is 10.3. The number of hydrogen-bond acceptors (Lipinski definition) is 4. The molecule has 0 bridgehead atoms. The molecule has 0 amide bonds. The Balaban J connectivity index is 3.40. The smallest absolute Gasteiger partial charge is 0.313 e. The Hall–Kier alpha value is -0.900. The molecule has 0 aromatic carbocycles. The zero-order valence-electron chi connectivity index (χ0n) is 8.88. The predicted octanol–water partition coefficient (Wildman–Crippen LogP) is 1.67. The third-order valence-electron chi connectivity index (χ3n) is 1.56. The van der Waals surface area contributed by atoms with E-state index in [1.807, 2.05) is 13.8 Å². The van der Waals surface area contributed by atoms with E-state index in [1.165, 1.54) is 0 Å². The van der Waals surface area contributed by atoms with E-state index in [2.05, 4.69) is 4.74 Å². The molecule has 0 saturated carbocycles. The maximum atomic E-state index is 11.0. The Morgan fingerprint density at radius 3 is 2.29 bits per heavy atom. The average Bonchev–Trinajstić information content (AvgIpc) is 2.13. The fourth-order valence-corrected chi connectivity index (χ4v) is 0.896. The molecule has 4 nitrogen and oxygen atoms in total. The molecule has 82 valence electrons. The van der Waals surface area contributed by atoms with Crippen molar-refractivity contribution in [2.75, 3.05) is 13.2 Å². The van der Waals surface area contributed by atoms with E-state index >= 15 is 0 Å².